The van der Waals surface area contributed by atoms with Crippen LogP contribution >= 0.6 is 31.9 Å². The lowest BCUT2D eigenvalue weighted by Crippen LogP contribution is -2.42. The van der Waals surface area contributed by atoms with E-state index in [9.17, 15) is 19.8 Å². The van der Waals surface area contributed by atoms with Crippen molar-refractivity contribution < 1.29 is 19.8 Å². The van der Waals surface area contributed by atoms with Gasteiger partial charge in [0.2, 0.25) is 0 Å². The Morgan fingerprint density at radius 1 is 1.00 bits per heavy atom. The monoisotopic (exact) mass is 452 g/mol. The third-order valence-corrected chi connectivity index (χ3v) is 5.68. The van der Waals surface area contributed by atoms with Gasteiger partial charge < -0.3 is 10.2 Å². The highest BCUT2D eigenvalue weighted by molar-refractivity contribution is 9.10. The van der Waals surface area contributed by atoms with Gasteiger partial charge >= 0.3 is 11.9 Å². The minimum atomic E-state index is -1.24. The molecule has 2 N–H and O–H groups in total. The summed E-state index contributed by atoms with van der Waals surface area (Å²) in [6, 6.07) is 12.4. The van der Waals surface area contributed by atoms with E-state index in [1.54, 1.807) is 42.5 Å². The second-order valence-corrected chi connectivity index (χ2v) is 7.71. The van der Waals surface area contributed by atoms with Crippen LogP contribution in [0.2, 0.25) is 0 Å². The maximum Gasteiger partial charge on any atom is 0.318 e. The van der Waals surface area contributed by atoms with Gasteiger partial charge in [0.05, 0.1) is 5.92 Å². The van der Waals surface area contributed by atoms with E-state index < -0.39 is 23.3 Å². The minimum absolute atomic E-state index is 0.240. The summed E-state index contributed by atoms with van der Waals surface area (Å²) in [6.07, 6.45) is 0.525. The summed E-state index contributed by atoms with van der Waals surface area (Å²) < 4.78 is 1.59. The predicted octanol–water partition coefficient (Wildman–Crippen LogP) is 4.54. The van der Waals surface area contributed by atoms with Crippen molar-refractivity contribution in [1.29, 1.82) is 0 Å². The lowest BCUT2D eigenvalue weighted by Gasteiger charge is -2.38. The molecule has 0 saturated carbocycles. The molecule has 2 atom stereocenters. The van der Waals surface area contributed by atoms with Gasteiger partial charge in [-0.25, -0.2) is 0 Å². The Morgan fingerprint density at radius 2 is 1.62 bits per heavy atom. The minimum Gasteiger partial charge on any atom is -0.481 e. The standard InChI is InChI=1S/C18H14Br2O4/c19-11-3-1-10(2-4-11)18(17(23)24)8-7-14(16(21)22)13-6-5-12(20)9-15(13)18/h1-6,9,14H,7-8H2,(H,21,22)(H,23,24). The Morgan fingerprint density at radius 3 is 2.21 bits per heavy atom. The number of carboxylic acids is 2. The molecule has 24 heavy (non-hydrogen) atoms. The lowest BCUT2D eigenvalue weighted by atomic mass is 9.63. The molecule has 1 aliphatic rings. The van der Waals surface area contributed by atoms with Gasteiger partial charge in [-0.15, -0.1) is 0 Å². The van der Waals surface area contributed by atoms with Crippen molar-refractivity contribution in [2.24, 2.45) is 0 Å². The van der Waals surface area contributed by atoms with Crippen LogP contribution in [0.4, 0.5) is 0 Å². The molecule has 1 aliphatic carbocycles. The van der Waals surface area contributed by atoms with Crippen molar-refractivity contribution in [3.63, 3.8) is 0 Å². The van der Waals surface area contributed by atoms with Gasteiger partial charge in [0.25, 0.3) is 0 Å². The fourth-order valence-corrected chi connectivity index (χ4v) is 4.11. The molecule has 0 amide bonds. The SMILES string of the molecule is O=C(O)C1CCC(C(=O)O)(c2ccc(Br)cc2)c2cc(Br)ccc21. The van der Waals surface area contributed by atoms with Crippen molar-refractivity contribution in [3.8, 4) is 0 Å². The zero-order valence-electron chi connectivity index (χ0n) is 12.5. The van der Waals surface area contributed by atoms with Crippen molar-refractivity contribution in [2.75, 3.05) is 0 Å². The molecule has 2 aromatic carbocycles. The second kappa shape index (κ2) is 6.33. The maximum absolute atomic E-state index is 12.3. The quantitative estimate of drug-likeness (QED) is 0.715. The molecule has 0 spiro atoms. The van der Waals surface area contributed by atoms with E-state index in [1.807, 2.05) is 0 Å². The third-order valence-electron chi connectivity index (χ3n) is 4.66. The topological polar surface area (TPSA) is 74.6 Å². The van der Waals surface area contributed by atoms with E-state index in [2.05, 4.69) is 31.9 Å². The third kappa shape index (κ3) is 2.67. The Balaban J connectivity index is 2.30. The van der Waals surface area contributed by atoms with Gasteiger partial charge in [-0.05, 0) is 53.8 Å². The summed E-state index contributed by atoms with van der Waals surface area (Å²) in [7, 11) is 0. The normalized spacial score (nSPS) is 22.7. The molecular weight excluding hydrogens is 440 g/mol. The number of hydrogen-bond donors (Lipinski definition) is 2. The van der Waals surface area contributed by atoms with Crippen LogP contribution in [0.15, 0.2) is 51.4 Å². The lowest BCUT2D eigenvalue weighted by molar-refractivity contribution is -0.145. The van der Waals surface area contributed by atoms with Gasteiger partial charge in [-0.1, -0.05) is 50.1 Å². The summed E-state index contributed by atoms with van der Waals surface area (Å²) >= 11 is 6.75. The number of hydrogen-bond acceptors (Lipinski definition) is 2. The summed E-state index contributed by atoms with van der Waals surface area (Å²) in [5, 5.41) is 19.6. The van der Waals surface area contributed by atoms with Gasteiger partial charge in [-0.3, -0.25) is 9.59 Å². The molecule has 2 aromatic rings. The first-order valence-electron chi connectivity index (χ1n) is 7.38. The van der Waals surface area contributed by atoms with E-state index in [1.165, 1.54) is 0 Å². The van der Waals surface area contributed by atoms with E-state index in [-0.39, 0.29) is 12.8 Å². The van der Waals surface area contributed by atoms with Gasteiger partial charge in [0.1, 0.15) is 5.41 Å². The number of carboxylic acid groups (broad SMARTS) is 2. The van der Waals surface area contributed by atoms with Crippen molar-refractivity contribution in [1.82, 2.24) is 0 Å². The zero-order chi connectivity index (χ0) is 17.5. The molecule has 6 heteroatoms. The molecule has 2 unspecified atom stereocenters. The molecule has 0 heterocycles. The maximum atomic E-state index is 12.3. The van der Waals surface area contributed by atoms with Crippen LogP contribution in [0.25, 0.3) is 0 Å². The molecule has 0 aromatic heterocycles. The van der Waals surface area contributed by atoms with Crippen molar-refractivity contribution in [2.45, 2.75) is 24.2 Å². The number of aliphatic carboxylic acids is 2. The average molecular weight is 454 g/mol. The first-order chi connectivity index (χ1) is 11.4. The van der Waals surface area contributed by atoms with E-state index in [0.29, 0.717) is 16.7 Å². The number of fused-ring (bicyclic) bond motifs is 1. The summed E-state index contributed by atoms with van der Waals surface area (Å²) in [6.45, 7) is 0. The van der Waals surface area contributed by atoms with Gasteiger partial charge in [0, 0.05) is 8.95 Å². The smallest absolute Gasteiger partial charge is 0.318 e. The number of rotatable bonds is 3. The number of benzene rings is 2. The molecule has 124 valence electrons. The Hall–Kier alpha value is -1.66. The second-order valence-electron chi connectivity index (χ2n) is 5.88. The predicted molar refractivity (Wildman–Crippen MR) is 96.3 cm³/mol. The highest BCUT2D eigenvalue weighted by Gasteiger charge is 2.48. The fraction of sp³-hybridized carbons (Fsp3) is 0.222. The molecule has 0 radical (unpaired) electrons. The fourth-order valence-electron chi connectivity index (χ4n) is 3.49. The zero-order valence-corrected chi connectivity index (χ0v) is 15.7. The molecule has 4 nitrogen and oxygen atoms in total. The van der Waals surface area contributed by atoms with E-state index in [0.717, 1.165) is 8.95 Å². The molecule has 0 saturated heterocycles. The largest absolute Gasteiger partial charge is 0.481 e. The van der Waals surface area contributed by atoms with Crippen molar-refractivity contribution in [3.05, 3.63) is 68.1 Å². The first-order valence-corrected chi connectivity index (χ1v) is 8.97. The summed E-state index contributed by atoms with van der Waals surface area (Å²) in [5.74, 6) is -2.57. The van der Waals surface area contributed by atoms with Gasteiger partial charge in [0.15, 0.2) is 0 Å². The van der Waals surface area contributed by atoms with Gasteiger partial charge in [-0.2, -0.15) is 0 Å². The molecule has 0 aliphatic heterocycles. The summed E-state index contributed by atoms with van der Waals surface area (Å²) in [4.78, 5) is 23.9. The van der Waals surface area contributed by atoms with Crippen LogP contribution in [-0.2, 0) is 15.0 Å². The highest BCUT2D eigenvalue weighted by atomic mass is 79.9. The van der Waals surface area contributed by atoms with Crippen LogP contribution in [0.1, 0.15) is 35.4 Å². The van der Waals surface area contributed by atoms with E-state index >= 15 is 0 Å². The average Bonchev–Trinajstić information content (AvgIpc) is 2.54. The Kier molecular flexibility index (Phi) is 4.53. The van der Waals surface area contributed by atoms with Crippen LogP contribution in [0.3, 0.4) is 0 Å². The van der Waals surface area contributed by atoms with Crippen LogP contribution in [-0.4, -0.2) is 22.2 Å². The molecule has 0 bridgehead atoms. The first kappa shape index (κ1) is 17.2. The number of carbonyl (C=O) groups is 2. The summed E-state index contributed by atoms with van der Waals surface area (Å²) in [5.41, 5.74) is 0.528. The van der Waals surface area contributed by atoms with Crippen LogP contribution in [0.5, 0.6) is 0 Å². The highest BCUT2D eigenvalue weighted by Crippen LogP contribution is 2.48. The molecule has 0 fully saturated rings. The van der Waals surface area contributed by atoms with E-state index in [4.69, 9.17) is 0 Å². The van der Waals surface area contributed by atoms with Crippen molar-refractivity contribution >= 4 is 43.8 Å². The Bertz CT molecular complexity index is 816. The molecule has 3 rings (SSSR count). The number of halogens is 2. The van der Waals surface area contributed by atoms with Crippen LogP contribution in [0, 0.1) is 0 Å². The molecular formula is C18H14Br2O4. The Labute approximate surface area is 155 Å². The van der Waals surface area contributed by atoms with Crippen LogP contribution < -0.4 is 0 Å².